The number of aromatic nitrogens is 2. The molecule has 3 aromatic rings. The number of anilines is 2. The van der Waals surface area contributed by atoms with Gasteiger partial charge in [-0.05, 0) is 54.6 Å². The Morgan fingerprint density at radius 1 is 0.970 bits per heavy atom. The van der Waals surface area contributed by atoms with Gasteiger partial charge in [-0.1, -0.05) is 6.07 Å². The summed E-state index contributed by atoms with van der Waals surface area (Å²) in [5.74, 6) is 1.46. The quantitative estimate of drug-likeness (QED) is 0.624. The molecule has 7 nitrogen and oxygen atoms in total. The number of hydrogen-bond donors (Lipinski definition) is 1. The number of rotatable bonds is 4. The minimum atomic E-state index is -4.46. The summed E-state index contributed by atoms with van der Waals surface area (Å²) in [4.78, 5) is 16.1. The van der Waals surface area contributed by atoms with E-state index >= 15 is 0 Å². The predicted molar refractivity (Wildman–Crippen MR) is 118 cm³/mol. The number of carbonyl (C=O) groups excluding carboxylic acids is 1. The molecule has 172 valence electrons. The fourth-order valence-corrected chi connectivity index (χ4v) is 3.52. The molecule has 1 fully saturated rings. The number of methoxy groups -OCH3 is 1. The Hall–Kier alpha value is -3.82. The highest BCUT2D eigenvalue weighted by atomic mass is 19.4. The summed E-state index contributed by atoms with van der Waals surface area (Å²) >= 11 is 0. The van der Waals surface area contributed by atoms with E-state index in [9.17, 15) is 18.0 Å². The first kappa shape index (κ1) is 22.4. The lowest BCUT2D eigenvalue weighted by Gasteiger charge is -2.35. The monoisotopic (exact) mass is 457 g/mol. The topological polar surface area (TPSA) is 70.6 Å². The molecule has 10 heteroatoms. The van der Waals surface area contributed by atoms with Crippen LogP contribution in [0.4, 0.5) is 29.5 Å². The number of hydrogen-bond acceptors (Lipinski definition) is 5. The van der Waals surface area contributed by atoms with Crippen molar-refractivity contribution >= 4 is 17.5 Å². The minimum Gasteiger partial charge on any atom is -0.497 e. The van der Waals surface area contributed by atoms with Gasteiger partial charge in [0.05, 0.1) is 18.4 Å². The molecule has 0 atom stereocenters. The molecule has 4 rings (SSSR count). The molecule has 1 aromatic heterocycles. The van der Waals surface area contributed by atoms with Crippen molar-refractivity contribution in [1.29, 1.82) is 0 Å². The summed E-state index contributed by atoms with van der Waals surface area (Å²) in [5.41, 5.74) is 0.963. The Kier molecular flexibility index (Phi) is 6.34. The van der Waals surface area contributed by atoms with Crippen molar-refractivity contribution in [3.8, 4) is 17.0 Å². The van der Waals surface area contributed by atoms with Crippen LogP contribution in [0.3, 0.4) is 0 Å². The lowest BCUT2D eigenvalue weighted by atomic mass is 10.1. The molecule has 33 heavy (non-hydrogen) atoms. The van der Waals surface area contributed by atoms with Gasteiger partial charge >= 0.3 is 12.2 Å². The molecule has 0 radical (unpaired) electrons. The first-order chi connectivity index (χ1) is 15.8. The summed E-state index contributed by atoms with van der Waals surface area (Å²) in [6, 6.07) is 15.5. The first-order valence-electron chi connectivity index (χ1n) is 10.3. The third-order valence-electron chi connectivity index (χ3n) is 5.37. The molecule has 0 bridgehead atoms. The SMILES string of the molecule is COc1ccc(-c2ccc(N3CCN(C(=O)Nc4cccc(C(F)(F)F)c4)CC3)nn2)cc1. The lowest BCUT2D eigenvalue weighted by Crippen LogP contribution is -2.50. The van der Waals surface area contributed by atoms with Gasteiger partial charge in [0.15, 0.2) is 5.82 Å². The van der Waals surface area contributed by atoms with Crippen LogP contribution in [0.2, 0.25) is 0 Å². The van der Waals surface area contributed by atoms with Gasteiger partial charge in [-0.15, -0.1) is 10.2 Å². The van der Waals surface area contributed by atoms with Gasteiger partial charge in [0.25, 0.3) is 0 Å². The zero-order chi connectivity index (χ0) is 23.4. The molecule has 1 N–H and O–H groups in total. The molecular weight excluding hydrogens is 435 g/mol. The van der Waals surface area contributed by atoms with Crippen molar-refractivity contribution in [3.05, 3.63) is 66.2 Å². The zero-order valence-electron chi connectivity index (χ0n) is 17.8. The number of nitrogens with one attached hydrogen (secondary N) is 1. The smallest absolute Gasteiger partial charge is 0.416 e. The molecule has 0 aliphatic carbocycles. The van der Waals surface area contributed by atoms with E-state index in [1.165, 1.54) is 12.1 Å². The van der Waals surface area contributed by atoms with Crippen molar-refractivity contribution < 1.29 is 22.7 Å². The van der Waals surface area contributed by atoms with Crippen LogP contribution in [-0.2, 0) is 6.18 Å². The Balaban J connectivity index is 1.33. The predicted octanol–water partition coefficient (Wildman–Crippen LogP) is 4.53. The summed E-state index contributed by atoms with van der Waals surface area (Å²) < 4.78 is 43.8. The van der Waals surface area contributed by atoms with Crippen molar-refractivity contribution in [2.75, 3.05) is 43.5 Å². The number of carbonyl (C=O) groups is 1. The molecule has 2 aromatic carbocycles. The second-order valence-corrected chi connectivity index (χ2v) is 7.49. The average molecular weight is 457 g/mol. The standard InChI is InChI=1S/C23H22F3N5O2/c1-33-19-7-5-16(6-8-19)20-9-10-21(29-28-20)30-11-13-31(14-12-30)22(32)27-18-4-2-3-17(15-18)23(24,25)26/h2-10,15H,11-14H2,1H3,(H,27,32). The lowest BCUT2D eigenvalue weighted by molar-refractivity contribution is -0.137. The van der Waals surface area contributed by atoms with Crippen molar-refractivity contribution in [2.24, 2.45) is 0 Å². The Morgan fingerprint density at radius 2 is 1.70 bits per heavy atom. The second kappa shape index (κ2) is 9.35. The number of halogens is 3. The highest BCUT2D eigenvalue weighted by Crippen LogP contribution is 2.30. The normalized spacial score (nSPS) is 14.2. The van der Waals surface area contributed by atoms with E-state index < -0.39 is 17.8 Å². The number of urea groups is 1. The summed E-state index contributed by atoms with van der Waals surface area (Å²) in [6.45, 7) is 1.89. The minimum absolute atomic E-state index is 0.109. The van der Waals surface area contributed by atoms with E-state index in [4.69, 9.17) is 4.74 Å². The van der Waals surface area contributed by atoms with Gasteiger partial charge in [-0.2, -0.15) is 13.2 Å². The van der Waals surface area contributed by atoms with Crippen LogP contribution in [0.5, 0.6) is 5.75 Å². The van der Waals surface area contributed by atoms with Gasteiger partial charge in [-0.25, -0.2) is 4.79 Å². The van der Waals surface area contributed by atoms with E-state index in [-0.39, 0.29) is 5.69 Å². The van der Waals surface area contributed by atoms with Crippen LogP contribution in [0, 0.1) is 0 Å². The summed E-state index contributed by atoms with van der Waals surface area (Å²) in [5, 5.41) is 11.2. The molecule has 2 heterocycles. The molecule has 2 amide bonds. The van der Waals surface area contributed by atoms with Gasteiger partial charge < -0.3 is 19.9 Å². The molecular formula is C23H22F3N5O2. The third kappa shape index (κ3) is 5.33. The van der Waals surface area contributed by atoms with E-state index in [2.05, 4.69) is 15.5 Å². The highest BCUT2D eigenvalue weighted by Gasteiger charge is 2.30. The van der Waals surface area contributed by atoms with Gasteiger partial charge in [0.2, 0.25) is 0 Å². The summed E-state index contributed by atoms with van der Waals surface area (Å²) in [7, 11) is 1.61. The number of benzene rings is 2. The highest BCUT2D eigenvalue weighted by molar-refractivity contribution is 5.89. The van der Waals surface area contributed by atoms with Crippen LogP contribution >= 0.6 is 0 Å². The largest absolute Gasteiger partial charge is 0.497 e. The molecule has 1 saturated heterocycles. The molecule has 0 saturated carbocycles. The maximum absolute atomic E-state index is 12.9. The van der Waals surface area contributed by atoms with Crippen molar-refractivity contribution in [2.45, 2.75) is 6.18 Å². The molecule has 1 aliphatic heterocycles. The maximum atomic E-state index is 12.9. The first-order valence-corrected chi connectivity index (χ1v) is 10.3. The Morgan fingerprint density at radius 3 is 2.30 bits per heavy atom. The van der Waals surface area contributed by atoms with Gasteiger partial charge in [0.1, 0.15) is 5.75 Å². The third-order valence-corrected chi connectivity index (χ3v) is 5.37. The fraction of sp³-hybridized carbons (Fsp3) is 0.261. The number of amides is 2. The van der Waals surface area contributed by atoms with E-state index in [0.717, 1.165) is 29.1 Å². The van der Waals surface area contributed by atoms with Crippen LogP contribution in [0.25, 0.3) is 11.3 Å². The zero-order valence-corrected chi connectivity index (χ0v) is 17.8. The van der Waals surface area contributed by atoms with Crippen LogP contribution in [0.15, 0.2) is 60.7 Å². The van der Waals surface area contributed by atoms with Crippen LogP contribution in [0.1, 0.15) is 5.56 Å². The van der Waals surface area contributed by atoms with Crippen LogP contribution in [-0.4, -0.2) is 54.4 Å². The molecule has 0 spiro atoms. The number of nitrogens with zero attached hydrogens (tertiary/aromatic N) is 4. The Bertz CT molecular complexity index is 1100. The molecule has 1 aliphatic rings. The average Bonchev–Trinajstić information content (AvgIpc) is 2.84. The summed E-state index contributed by atoms with van der Waals surface area (Å²) in [6.07, 6.45) is -4.46. The van der Waals surface area contributed by atoms with E-state index in [1.54, 1.807) is 12.0 Å². The van der Waals surface area contributed by atoms with Crippen molar-refractivity contribution in [3.63, 3.8) is 0 Å². The van der Waals surface area contributed by atoms with Crippen molar-refractivity contribution in [1.82, 2.24) is 15.1 Å². The number of ether oxygens (including phenoxy) is 1. The second-order valence-electron chi connectivity index (χ2n) is 7.49. The number of alkyl halides is 3. The van der Waals surface area contributed by atoms with Crippen LogP contribution < -0.4 is 15.0 Å². The van der Waals surface area contributed by atoms with Gasteiger partial charge in [-0.3, -0.25) is 0 Å². The van der Waals surface area contributed by atoms with E-state index in [1.807, 2.05) is 41.3 Å². The number of piperazine rings is 1. The van der Waals surface area contributed by atoms with Gasteiger partial charge in [0, 0.05) is 37.4 Å². The fourth-order valence-electron chi connectivity index (χ4n) is 3.52. The maximum Gasteiger partial charge on any atom is 0.416 e. The molecule has 0 unspecified atom stereocenters. The van der Waals surface area contributed by atoms with E-state index in [0.29, 0.717) is 32.0 Å². The Labute approximate surface area is 188 Å².